The van der Waals surface area contributed by atoms with Crippen LogP contribution in [0.15, 0.2) is 88.8 Å². The number of anilines is 3. The molecule has 1 unspecified atom stereocenters. The minimum atomic E-state index is -3.74. The molecule has 198 valence electrons. The highest BCUT2D eigenvalue weighted by Gasteiger charge is 2.12. The first-order valence-corrected chi connectivity index (χ1v) is 14.5. The van der Waals surface area contributed by atoms with Gasteiger partial charge < -0.3 is 15.4 Å². The predicted molar refractivity (Wildman–Crippen MR) is 149 cm³/mol. The van der Waals surface area contributed by atoms with Crippen molar-refractivity contribution < 1.29 is 17.4 Å². The maximum absolute atomic E-state index is 11.6. The van der Waals surface area contributed by atoms with Crippen molar-refractivity contribution in [3.05, 3.63) is 84.6 Å². The molecule has 3 aromatic carbocycles. The lowest BCUT2D eigenvalue weighted by molar-refractivity contribution is 0.340. The molecule has 0 fully saturated rings. The van der Waals surface area contributed by atoms with Gasteiger partial charge in [-0.3, -0.25) is 4.78 Å². The summed E-state index contributed by atoms with van der Waals surface area (Å²) in [7, 11) is -5.96. The molecule has 38 heavy (non-hydrogen) atoms. The summed E-state index contributed by atoms with van der Waals surface area (Å²) in [5.74, 6) is 1.69. The van der Waals surface area contributed by atoms with Crippen molar-refractivity contribution in [2.75, 3.05) is 23.8 Å². The molecule has 1 heterocycles. The van der Waals surface area contributed by atoms with Crippen LogP contribution in [-0.2, 0) is 27.0 Å². The lowest BCUT2D eigenvalue weighted by Crippen LogP contribution is -2.12. The average Bonchev–Trinajstić information content (AvgIpc) is 2.90. The first-order chi connectivity index (χ1) is 18.2. The van der Waals surface area contributed by atoms with Gasteiger partial charge >= 0.3 is 0 Å². The summed E-state index contributed by atoms with van der Waals surface area (Å²) in [6, 6.07) is 20.8. The normalized spacial score (nSPS) is 12.1. The number of primary sulfonamides is 1. The van der Waals surface area contributed by atoms with E-state index in [2.05, 4.69) is 20.6 Å². The Morgan fingerprint density at radius 1 is 1.05 bits per heavy atom. The summed E-state index contributed by atoms with van der Waals surface area (Å²) in [6.45, 7) is 3.02. The smallest absolute Gasteiger partial charge is 0.238 e. The van der Waals surface area contributed by atoms with Crippen LogP contribution in [0.2, 0.25) is 0 Å². The van der Waals surface area contributed by atoms with E-state index in [9.17, 15) is 12.6 Å². The van der Waals surface area contributed by atoms with Gasteiger partial charge in [0.2, 0.25) is 16.0 Å². The summed E-state index contributed by atoms with van der Waals surface area (Å²) in [6.07, 6.45) is 2.32. The molecule has 1 aromatic heterocycles. The van der Waals surface area contributed by atoms with E-state index in [1.54, 1.807) is 42.6 Å². The highest BCUT2D eigenvalue weighted by atomic mass is 32.2. The lowest BCUT2D eigenvalue weighted by Gasteiger charge is -2.14. The minimum absolute atomic E-state index is 0.0672. The number of rotatable bonds is 11. The second-order valence-corrected chi connectivity index (χ2v) is 10.9. The van der Waals surface area contributed by atoms with E-state index in [0.717, 1.165) is 22.4 Å². The van der Waals surface area contributed by atoms with Crippen molar-refractivity contribution in [2.45, 2.75) is 23.1 Å². The van der Waals surface area contributed by atoms with Gasteiger partial charge in [0.25, 0.3) is 0 Å². The van der Waals surface area contributed by atoms with Gasteiger partial charge in [-0.15, -0.1) is 0 Å². The third kappa shape index (κ3) is 7.06. The van der Waals surface area contributed by atoms with E-state index < -0.39 is 20.6 Å². The second-order valence-electron chi connectivity index (χ2n) is 8.25. The summed E-state index contributed by atoms with van der Waals surface area (Å²) < 4.78 is 47.6. The Bertz CT molecular complexity index is 1580. The third-order valence-electron chi connectivity index (χ3n) is 5.56. The Morgan fingerprint density at radius 3 is 2.45 bits per heavy atom. The first-order valence-electron chi connectivity index (χ1n) is 11.7. The van der Waals surface area contributed by atoms with Gasteiger partial charge in [0.1, 0.15) is 11.6 Å². The molecule has 10 nitrogen and oxygen atoms in total. The fourth-order valence-corrected chi connectivity index (χ4v) is 4.69. The molecule has 0 aliphatic carbocycles. The largest absolute Gasteiger partial charge is 0.494 e. The number of sulfonamides is 1. The molecule has 0 aliphatic heterocycles. The average molecular weight is 553 g/mol. The standard InChI is InChI=1S/C26H28N6O4S2/c1-2-36-21-10-8-19(9-11-21)24-17-30-26(31-20-4-3-5-22(16-20)37(27)33)32-25(24)29-15-14-18-6-12-23(13-7-18)38(28,34)35/h3-13,16-17,27,37H,2,14-15H2,1H3,(H2,28,34,35)(H2,29,30,31,32). The second kappa shape index (κ2) is 12.0. The molecule has 0 radical (unpaired) electrons. The first kappa shape index (κ1) is 27.0. The molecule has 4 rings (SSSR count). The maximum atomic E-state index is 11.6. The number of aromatic nitrogens is 2. The van der Waals surface area contributed by atoms with Gasteiger partial charge in [-0.05, 0) is 66.9 Å². The van der Waals surface area contributed by atoms with Crippen LogP contribution >= 0.6 is 0 Å². The van der Waals surface area contributed by atoms with E-state index >= 15 is 0 Å². The van der Waals surface area contributed by atoms with Crippen LogP contribution < -0.4 is 20.5 Å². The minimum Gasteiger partial charge on any atom is -0.494 e. The van der Waals surface area contributed by atoms with Crippen LogP contribution in [0.25, 0.3) is 11.1 Å². The Hall–Kier alpha value is -4.00. The van der Waals surface area contributed by atoms with Crippen molar-refractivity contribution in [2.24, 2.45) is 5.14 Å². The summed E-state index contributed by atoms with van der Waals surface area (Å²) in [5, 5.41) is 11.6. The van der Waals surface area contributed by atoms with Crippen molar-refractivity contribution >= 4 is 38.1 Å². The van der Waals surface area contributed by atoms with E-state index in [1.165, 1.54) is 12.1 Å². The van der Waals surface area contributed by atoms with Crippen molar-refractivity contribution in [3.8, 4) is 16.9 Å². The lowest BCUT2D eigenvalue weighted by atomic mass is 10.1. The quantitative estimate of drug-likeness (QED) is 0.173. The predicted octanol–water partition coefficient (Wildman–Crippen LogP) is 4.19. The monoisotopic (exact) mass is 552 g/mol. The zero-order valence-corrected chi connectivity index (χ0v) is 22.3. The zero-order valence-electron chi connectivity index (χ0n) is 20.6. The summed E-state index contributed by atoms with van der Waals surface area (Å²) in [4.78, 5) is 9.61. The molecule has 0 saturated carbocycles. The number of hydrogen-bond donors (Lipinski definition) is 5. The molecule has 0 saturated heterocycles. The Labute approximate surface area is 223 Å². The molecule has 0 bridgehead atoms. The molecule has 12 heteroatoms. The highest BCUT2D eigenvalue weighted by molar-refractivity contribution is 7.89. The topological polar surface area (TPSA) is 160 Å². The third-order valence-corrected chi connectivity index (χ3v) is 7.24. The molecule has 5 N–H and O–H groups in total. The molecule has 1 atom stereocenters. The maximum Gasteiger partial charge on any atom is 0.238 e. The van der Waals surface area contributed by atoms with Crippen LogP contribution in [0.4, 0.5) is 17.5 Å². The van der Waals surface area contributed by atoms with E-state index in [-0.39, 0.29) is 4.90 Å². The Kier molecular flexibility index (Phi) is 8.56. The van der Waals surface area contributed by atoms with E-state index in [1.807, 2.05) is 31.2 Å². The molecule has 0 spiro atoms. The number of nitrogens with one attached hydrogen (secondary N) is 3. The number of hydrogen-bond acceptors (Lipinski definition) is 9. The molecular formula is C26H28N6O4S2. The molecule has 4 aromatic rings. The summed E-state index contributed by atoms with van der Waals surface area (Å²) >= 11 is 0. The van der Waals surface area contributed by atoms with Crippen LogP contribution in [0.3, 0.4) is 0 Å². The van der Waals surface area contributed by atoms with Gasteiger partial charge in [0, 0.05) is 28.9 Å². The molecule has 0 aliphatic rings. The number of nitrogens with zero attached hydrogens (tertiary/aromatic N) is 2. The van der Waals surface area contributed by atoms with Crippen molar-refractivity contribution in [1.82, 2.24) is 9.97 Å². The molecule has 0 amide bonds. The van der Waals surface area contributed by atoms with Crippen LogP contribution in [0.1, 0.15) is 12.5 Å². The van der Waals surface area contributed by atoms with Crippen molar-refractivity contribution in [3.63, 3.8) is 0 Å². The van der Waals surface area contributed by atoms with Gasteiger partial charge in [-0.1, -0.05) is 30.3 Å². The number of nitrogens with two attached hydrogens (primary N) is 1. The van der Waals surface area contributed by atoms with Gasteiger partial charge in [-0.25, -0.2) is 22.7 Å². The van der Waals surface area contributed by atoms with E-state index in [0.29, 0.717) is 41.9 Å². The van der Waals surface area contributed by atoms with Crippen LogP contribution in [0.5, 0.6) is 5.75 Å². The fourth-order valence-electron chi connectivity index (χ4n) is 3.70. The number of thiol groups is 1. The van der Waals surface area contributed by atoms with Crippen molar-refractivity contribution in [1.29, 1.82) is 4.78 Å². The van der Waals surface area contributed by atoms with Crippen LogP contribution in [0, 0.1) is 4.78 Å². The zero-order chi connectivity index (χ0) is 27.1. The Balaban J connectivity index is 1.57. The van der Waals surface area contributed by atoms with Gasteiger partial charge in [0.05, 0.1) is 22.1 Å². The van der Waals surface area contributed by atoms with Gasteiger partial charge in [-0.2, -0.15) is 4.98 Å². The van der Waals surface area contributed by atoms with Gasteiger partial charge in [0.15, 0.2) is 0 Å². The number of benzene rings is 3. The fraction of sp³-hybridized carbons (Fsp3) is 0.154. The highest BCUT2D eigenvalue weighted by Crippen LogP contribution is 2.29. The summed E-state index contributed by atoms with van der Waals surface area (Å²) in [5.41, 5.74) is 3.23. The SMILES string of the molecule is CCOc1ccc(-c2cnc(Nc3cccc([SH](=N)=O)c3)nc2NCCc2ccc(S(N)(=O)=O)cc2)cc1. The van der Waals surface area contributed by atoms with E-state index in [4.69, 9.17) is 14.7 Å². The van der Waals surface area contributed by atoms with Crippen LogP contribution in [-0.4, -0.2) is 35.7 Å². The molecular weight excluding hydrogens is 524 g/mol. The number of ether oxygens (including phenoxy) is 1. The Morgan fingerprint density at radius 2 is 1.79 bits per heavy atom.